The van der Waals surface area contributed by atoms with E-state index >= 15 is 0 Å². The second-order valence-electron chi connectivity index (χ2n) is 7.63. The third-order valence-corrected chi connectivity index (χ3v) is 5.23. The summed E-state index contributed by atoms with van der Waals surface area (Å²) in [6.07, 6.45) is 2.35. The number of nitrogens with one attached hydrogen (secondary N) is 3. The molecule has 2 atom stereocenters. The molecule has 2 unspecified atom stereocenters. The minimum atomic E-state index is -0.858. The molecule has 9 heteroatoms. The van der Waals surface area contributed by atoms with Gasteiger partial charge in [0.2, 0.25) is 5.91 Å². The molecule has 0 radical (unpaired) electrons. The summed E-state index contributed by atoms with van der Waals surface area (Å²) in [5.41, 5.74) is 7.08. The smallest absolute Gasteiger partial charge is 0.251 e. The summed E-state index contributed by atoms with van der Waals surface area (Å²) in [5.74, 6) is -3.01. The molecule has 1 aliphatic rings. The van der Waals surface area contributed by atoms with Gasteiger partial charge in [-0.3, -0.25) is 20.4 Å². The quantitative estimate of drug-likeness (QED) is 0.597. The minimum Gasteiger partial charge on any atom is -0.344 e. The number of hydrogen-bond donors (Lipinski definition) is 3. The van der Waals surface area contributed by atoms with Crippen molar-refractivity contribution in [1.82, 2.24) is 21.1 Å². The number of carbonyl (C=O) groups is 2. The second-order valence-corrected chi connectivity index (χ2v) is 7.63. The van der Waals surface area contributed by atoms with Crippen LogP contribution in [-0.2, 0) is 4.79 Å². The average molecular weight is 434 g/mol. The molecular weight excluding hydrogens is 409 g/mol. The van der Waals surface area contributed by atoms with Gasteiger partial charge in [0.05, 0.1) is 6.54 Å². The zero-order valence-corrected chi connectivity index (χ0v) is 17.1. The zero-order valence-electron chi connectivity index (χ0n) is 17.1. The van der Waals surface area contributed by atoms with Crippen LogP contribution in [0.4, 0.5) is 13.2 Å². The van der Waals surface area contributed by atoms with Crippen LogP contribution in [0.25, 0.3) is 0 Å². The van der Waals surface area contributed by atoms with E-state index in [0.29, 0.717) is 12.6 Å². The topological polar surface area (TPSA) is 73.5 Å². The number of carbonyl (C=O) groups excluding carboxylic acids is 2. The Kier molecular flexibility index (Phi) is 7.64. The van der Waals surface area contributed by atoms with E-state index < -0.39 is 17.5 Å². The number of nitrogens with zero attached hydrogens (tertiary/aromatic N) is 1. The fourth-order valence-corrected chi connectivity index (χ4v) is 3.53. The van der Waals surface area contributed by atoms with Crippen molar-refractivity contribution in [3.05, 3.63) is 71.0 Å². The van der Waals surface area contributed by atoms with Crippen LogP contribution in [0.3, 0.4) is 0 Å². The molecule has 6 nitrogen and oxygen atoms in total. The van der Waals surface area contributed by atoms with Crippen LogP contribution in [0.15, 0.2) is 42.5 Å². The van der Waals surface area contributed by atoms with Crippen molar-refractivity contribution in [3.8, 4) is 0 Å². The van der Waals surface area contributed by atoms with Crippen LogP contribution in [0.2, 0.25) is 0 Å². The highest BCUT2D eigenvalue weighted by atomic mass is 19.1. The molecule has 1 aliphatic heterocycles. The first-order valence-corrected chi connectivity index (χ1v) is 10.1. The third kappa shape index (κ3) is 6.53. The first-order valence-electron chi connectivity index (χ1n) is 10.1. The Hall–Kier alpha value is -2.91. The van der Waals surface area contributed by atoms with Gasteiger partial charge < -0.3 is 10.2 Å². The maximum absolute atomic E-state index is 13.4. The number of halogens is 3. The van der Waals surface area contributed by atoms with Gasteiger partial charge in [-0.2, -0.15) is 0 Å². The van der Waals surface area contributed by atoms with Gasteiger partial charge in [0, 0.05) is 37.3 Å². The predicted molar refractivity (Wildman–Crippen MR) is 109 cm³/mol. The number of likely N-dealkylation sites (N-methyl/N-ethyl adjacent to an activating group) is 1. The number of rotatable bonds is 8. The Bertz CT molecular complexity index is 920. The minimum absolute atomic E-state index is 0.0305. The molecule has 0 aliphatic carbocycles. The summed E-state index contributed by atoms with van der Waals surface area (Å²) >= 11 is 0. The molecule has 166 valence electrons. The van der Waals surface area contributed by atoms with Gasteiger partial charge >= 0.3 is 0 Å². The van der Waals surface area contributed by atoms with E-state index in [2.05, 4.69) is 16.2 Å². The Morgan fingerprint density at radius 2 is 1.81 bits per heavy atom. The normalized spacial score (nSPS) is 18.1. The molecule has 1 fully saturated rings. The van der Waals surface area contributed by atoms with E-state index in [0.717, 1.165) is 37.0 Å². The van der Waals surface area contributed by atoms with Crippen molar-refractivity contribution in [1.29, 1.82) is 0 Å². The molecule has 1 saturated heterocycles. The van der Waals surface area contributed by atoms with Crippen molar-refractivity contribution in [3.63, 3.8) is 0 Å². The van der Waals surface area contributed by atoms with Crippen LogP contribution in [0.5, 0.6) is 0 Å². The Morgan fingerprint density at radius 3 is 2.52 bits per heavy atom. The molecule has 0 spiro atoms. The lowest BCUT2D eigenvalue weighted by molar-refractivity contribution is -0.128. The SMILES string of the molecule is CN(CCCC1CC(c2cccc(F)c2)NN1)C(=O)CNC(=O)c1cc(F)cc(F)c1. The van der Waals surface area contributed by atoms with Gasteiger partial charge in [-0.25, -0.2) is 13.2 Å². The molecule has 3 N–H and O–H groups in total. The van der Waals surface area contributed by atoms with Crippen LogP contribution in [0, 0.1) is 17.5 Å². The fraction of sp³-hybridized carbons (Fsp3) is 0.364. The van der Waals surface area contributed by atoms with E-state index in [1.807, 2.05) is 6.07 Å². The summed E-state index contributed by atoms with van der Waals surface area (Å²) in [6.45, 7) is 0.227. The second kappa shape index (κ2) is 10.4. The number of hydrazine groups is 1. The third-order valence-electron chi connectivity index (χ3n) is 5.23. The molecule has 0 saturated carbocycles. The standard InChI is InChI=1S/C22H25F3N4O2/c1-29(21(30)13-26-22(31)15-9-17(24)11-18(25)10-15)7-3-6-19-12-20(28-27-19)14-4-2-5-16(23)8-14/h2,4-5,8-11,19-20,27-28H,3,6-7,12-13H2,1H3,(H,26,31). The van der Waals surface area contributed by atoms with Gasteiger partial charge in [0.1, 0.15) is 17.5 Å². The van der Waals surface area contributed by atoms with E-state index in [9.17, 15) is 22.8 Å². The molecular formula is C22H25F3N4O2. The average Bonchev–Trinajstić information content (AvgIpc) is 3.20. The Labute approximate surface area is 178 Å². The number of amides is 2. The van der Waals surface area contributed by atoms with Gasteiger partial charge in [-0.05, 0) is 49.1 Å². The summed E-state index contributed by atoms with van der Waals surface area (Å²) in [5, 5.41) is 2.38. The summed E-state index contributed by atoms with van der Waals surface area (Å²) in [6, 6.07) is 9.20. The van der Waals surface area contributed by atoms with E-state index in [4.69, 9.17) is 0 Å². The first-order chi connectivity index (χ1) is 14.8. The number of hydrogen-bond acceptors (Lipinski definition) is 4. The van der Waals surface area contributed by atoms with Crippen LogP contribution < -0.4 is 16.2 Å². The van der Waals surface area contributed by atoms with Crippen LogP contribution in [-0.4, -0.2) is 42.9 Å². The summed E-state index contributed by atoms with van der Waals surface area (Å²) in [4.78, 5) is 25.7. The molecule has 0 aromatic heterocycles. The van der Waals surface area contributed by atoms with Crippen molar-refractivity contribution in [2.75, 3.05) is 20.1 Å². The highest BCUT2D eigenvalue weighted by molar-refractivity contribution is 5.96. The van der Waals surface area contributed by atoms with Crippen molar-refractivity contribution in [2.24, 2.45) is 0 Å². The van der Waals surface area contributed by atoms with Crippen LogP contribution >= 0.6 is 0 Å². The predicted octanol–water partition coefficient (Wildman–Crippen LogP) is 2.68. The fourth-order valence-electron chi connectivity index (χ4n) is 3.53. The lowest BCUT2D eigenvalue weighted by atomic mass is 9.99. The maximum atomic E-state index is 13.4. The maximum Gasteiger partial charge on any atom is 0.251 e. The van der Waals surface area contributed by atoms with Gasteiger partial charge in [0.25, 0.3) is 5.91 Å². The molecule has 2 aromatic carbocycles. The number of benzene rings is 2. The van der Waals surface area contributed by atoms with Gasteiger partial charge in [-0.15, -0.1) is 0 Å². The highest BCUT2D eigenvalue weighted by Gasteiger charge is 2.25. The molecule has 1 heterocycles. The molecule has 3 rings (SSSR count). The molecule has 0 bridgehead atoms. The van der Waals surface area contributed by atoms with Crippen molar-refractivity contribution >= 4 is 11.8 Å². The highest BCUT2D eigenvalue weighted by Crippen LogP contribution is 2.24. The summed E-state index contributed by atoms with van der Waals surface area (Å²) < 4.78 is 39.8. The first kappa shape index (κ1) is 22.8. The zero-order chi connectivity index (χ0) is 22.4. The van der Waals surface area contributed by atoms with Gasteiger partial charge in [0.15, 0.2) is 0 Å². The largest absolute Gasteiger partial charge is 0.344 e. The molecule has 31 heavy (non-hydrogen) atoms. The van der Waals surface area contributed by atoms with E-state index in [1.165, 1.54) is 17.0 Å². The molecule has 2 aromatic rings. The van der Waals surface area contributed by atoms with E-state index in [-0.39, 0.29) is 35.9 Å². The monoisotopic (exact) mass is 434 g/mol. The summed E-state index contributed by atoms with van der Waals surface area (Å²) in [7, 11) is 1.63. The Balaban J connectivity index is 1.37. The Morgan fingerprint density at radius 1 is 1.06 bits per heavy atom. The van der Waals surface area contributed by atoms with Crippen molar-refractivity contribution < 1.29 is 22.8 Å². The lowest BCUT2D eigenvalue weighted by Crippen LogP contribution is -2.39. The van der Waals surface area contributed by atoms with Gasteiger partial charge in [-0.1, -0.05) is 12.1 Å². The lowest BCUT2D eigenvalue weighted by Gasteiger charge is -2.18. The molecule has 2 amide bonds. The van der Waals surface area contributed by atoms with E-state index in [1.54, 1.807) is 13.1 Å². The van der Waals surface area contributed by atoms with Crippen LogP contribution in [0.1, 0.15) is 41.2 Å². The van der Waals surface area contributed by atoms with Crippen molar-refractivity contribution in [2.45, 2.75) is 31.3 Å².